The number of fused-ring (bicyclic) bond motifs is 2. The van der Waals surface area contributed by atoms with Crippen LogP contribution >= 0.6 is 12.4 Å². The molecule has 2 aliphatic heterocycles. The van der Waals surface area contributed by atoms with E-state index in [-0.39, 0.29) is 18.5 Å². The van der Waals surface area contributed by atoms with Crippen molar-refractivity contribution in [2.45, 2.75) is 51.7 Å². The largest absolute Gasteiger partial charge is 0.444 e. The standard InChI is InChI=1S/C12H22N2O2.ClH/c1-11(2,3)16-10(15)14-5-4-12(8-13)6-9(14)7-12;/h9H,4-8,13H2,1-3H3;1H. The van der Waals surface area contributed by atoms with Crippen molar-refractivity contribution in [3.05, 3.63) is 0 Å². The van der Waals surface area contributed by atoms with Gasteiger partial charge in [0.1, 0.15) is 5.60 Å². The van der Waals surface area contributed by atoms with Crippen LogP contribution in [0.2, 0.25) is 0 Å². The summed E-state index contributed by atoms with van der Waals surface area (Å²) in [7, 11) is 0. The van der Waals surface area contributed by atoms with E-state index in [4.69, 9.17) is 10.5 Å². The maximum Gasteiger partial charge on any atom is 0.410 e. The second kappa shape index (κ2) is 4.65. The Bertz CT molecular complexity index is 290. The molecule has 1 amide bonds. The molecule has 0 spiro atoms. The Labute approximate surface area is 109 Å². The SMILES string of the molecule is CC(C)(C)OC(=O)N1CCC2(CN)CC1C2.Cl. The lowest BCUT2D eigenvalue weighted by molar-refractivity contribution is -0.0666. The Kier molecular flexibility index (Phi) is 3.99. The van der Waals surface area contributed by atoms with Crippen molar-refractivity contribution >= 4 is 18.5 Å². The number of carbonyl (C=O) groups is 1. The average molecular weight is 263 g/mol. The molecular weight excluding hydrogens is 240 g/mol. The maximum absolute atomic E-state index is 11.9. The summed E-state index contributed by atoms with van der Waals surface area (Å²) in [5, 5.41) is 0. The van der Waals surface area contributed by atoms with Gasteiger partial charge in [0.15, 0.2) is 0 Å². The molecule has 5 heteroatoms. The normalized spacial score (nSPS) is 31.3. The smallest absolute Gasteiger partial charge is 0.410 e. The number of carbonyl (C=O) groups excluding carboxylic acids is 1. The highest BCUT2D eigenvalue weighted by atomic mass is 35.5. The van der Waals surface area contributed by atoms with Gasteiger partial charge in [0.25, 0.3) is 0 Å². The molecule has 3 fully saturated rings. The molecule has 3 aliphatic rings. The predicted molar refractivity (Wildman–Crippen MR) is 69.3 cm³/mol. The van der Waals surface area contributed by atoms with Crippen molar-refractivity contribution in [3.63, 3.8) is 0 Å². The molecule has 0 unspecified atom stereocenters. The summed E-state index contributed by atoms with van der Waals surface area (Å²) >= 11 is 0. The first kappa shape index (κ1) is 14.6. The number of halogens is 1. The van der Waals surface area contributed by atoms with Crippen molar-refractivity contribution in [3.8, 4) is 0 Å². The van der Waals surface area contributed by atoms with Crippen molar-refractivity contribution in [2.75, 3.05) is 13.1 Å². The third-order valence-electron chi connectivity index (χ3n) is 3.72. The van der Waals surface area contributed by atoms with Crippen LogP contribution in [0.5, 0.6) is 0 Å². The van der Waals surface area contributed by atoms with E-state index >= 15 is 0 Å². The van der Waals surface area contributed by atoms with Crippen LogP contribution in [-0.4, -0.2) is 35.7 Å². The van der Waals surface area contributed by atoms with E-state index in [1.54, 1.807) is 0 Å². The number of amides is 1. The van der Waals surface area contributed by atoms with Gasteiger partial charge in [-0.2, -0.15) is 0 Å². The van der Waals surface area contributed by atoms with Gasteiger partial charge in [-0.15, -0.1) is 12.4 Å². The van der Waals surface area contributed by atoms with E-state index in [0.717, 1.165) is 32.4 Å². The molecule has 0 atom stereocenters. The van der Waals surface area contributed by atoms with E-state index in [2.05, 4.69) is 0 Å². The predicted octanol–water partition coefficient (Wildman–Crippen LogP) is 2.16. The lowest BCUT2D eigenvalue weighted by Gasteiger charge is -2.56. The molecule has 2 bridgehead atoms. The highest BCUT2D eigenvalue weighted by Crippen LogP contribution is 2.50. The fourth-order valence-corrected chi connectivity index (χ4v) is 2.73. The summed E-state index contributed by atoms with van der Waals surface area (Å²) in [5.74, 6) is 0. The minimum absolute atomic E-state index is 0. The molecule has 0 radical (unpaired) electrons. The lowest BCUT2D eigenvalue weighted by atomic mass is 9.60. The van der Waals surface area contributed by atoms with Gasteiger partial charge in [0, 0.05) is 12.6 Å². The Hall–Kier alpha value is -0.480. The van der Waals surface area contributed by atoms with E-state index in [0.29, 0.717) is 11.5 Å². The first-order valence-electron chi connectivity index (χ1n) is 6.05. The van der Waals surface area contributed by atoms with Gasteiger partial charge in [0.2, 0.25) is 0 Å². The molecule has 1 saturated carbocycles. The minimum Gasteiger partial charge on any atom is -0.444 e. The maximum atomic E-state index is 11.9. The van der Waals surface area contributed by atoms with Gasteiger partial charge in [-0.25, -0.2) is 4.79 Å². The molecule has 3 rings (SSSR count). The third kappa shape index (κ3) is 2.86. The zero-order valence-electron chi connectivity index (χ0n) is 10.9. The van der Waals surface area contributed by atoms with Crippen molar-refractivity contribution in [1.29, 1.82) is 0 Å². The minimum atomic E-state index is -0.400. The monoisotopic (exact) mass is 262 g/mol. The quantitative estimate of drug-likeness (QED) is 0.788. The van der Waals surface area contributed by atoms with Gasteiger partial charge in [0.05, 0.1) is 0 Å². The van der Waals surface area contributed by atoms with Crippen LogP contribution in [-0.2, 0) is 4.74 Å². The van der Waals surface area contributed by atoms with Crippen molar-refractivity contribution in [1.82, 2.24) is 4.90 Å². The van der Waals surface area contributed by atoms with Gasteiger partial charge in [-0.1, -0.05) is 0 Å². The highest BCUT2D eigenvalue weighted by Gasteiger charge is 2.51. The first-order valence-corrected chi connectivity index (χ1v) is 6.05. The van der Waals surface area contributed by atoms with Crippen LogP contribution in [0, 0.1) is 5.41 Å². The van der Waals surface area contributed by atoms with Crippen LogP contribution in [0.4, 0.5) is 4.79 Å². The summed E-state index contributed by atoms with van der Waals surface area (Å²) in [6.07, 6.45) is 2.98. The number of ether oxygens (including phenoxy) is 1. The molecule has 4 nitrogen and oxygen atoms in total. The Morgan fingerprint density at radius 2 is 2.06 bits per heavy atom. The highest BCUT2D eigenvalue weighted by molar-refractivity contribution is 5.85. The zero-order valence-corrected chi connectivity index (χ0v) is 11.7. The van der Waals surface area contributed by atoms with E-state index < -0.39 is 5.60 Å². The van der Waals surface area contributed by atoms with Crippen LogP contribution < -0.4 is 5.73 Å². The van der Waals surface area contributed by atoms with Crippen LogP contribution in [0.15, 0.2) is 0 Å². The second-order valence-corrected chi connectivity index (χ2v) is 6.19. The fourth-order valence-electron chi connectivity index (χ4n) is 2.73. The molecule has 2 N–H and O–H groups in total. The molecule has 17 heavy (non-hydrogen) atoms. The number of nitrogens with zero attached hydrogens (tertiary/aromatic N) is 1. The van der Waals surface area contributed by atoms with Gasteiger partial charge in [-0.3, -0.25) is 0 Å². The number of hydrogen-bond acceptors (Lipinski definition) is 3. The molecule has 0 aromatic carbocycles. The first-order chi connectivity index (χ1) is 7.35. The summed E-state index contributed by atoms with van der Waals surface area (Å²) in [4.78, 5) is 13.8. The third-order valence-corrected chi connectivity index (χ3v) is 3.72. The zero-order chi connectivity index (χ0) is 12.0. The molecule has 2 saturated heterocycles. The number of nitrogens with two attached hydrogens (primary N) is 1. The molecular formula is C12H23ClN2O2. The summed E-state index contributed by atoms with van der Waals surface area (Å²) in [6, 6.07) is 0.368. The fraction of sp³-hybridized carbons (Fsp3) is 0.917. The summed E-state index contributed by atoms with van der Waals surface area (Å²) in [6.45, 7) is 7.27. The van der Waals surface area contributed by atoms with E-state index in [9.17, 15) is 4.79 Å². The second-order valence-electron chi connectivity index (χ2n) is 6.19. The number of hydrogen-bond donors (Lipinski definition) is 1. The van der Waals surface area contributed by atoms with E-state index in [1.165, 1.54) is 0 Å². The molecule has 0 aromatic heterocycles. The summed E-state index contributed by atoms with van der Waals surface area (Å²) < 4.78 is 5.39. The average Bonchev–Trinajstić information content (AvgIpc) is 2.13. The number of rotatable bonds is 1. The van der Waals surface area contributed by atoms with E-state index in [1.807, 2.05) is 25.7 Å². The van der Waals surface area contributed by atoms with Crippen LogP contribution in [0.25, 0.3) is 0 Å². The van der Waals surface area contributed by atoms with Crippen LogP contribution in [0.3, 0.4) is 0 Å². The van der Waals surface area contributed by atoms with Gasteiger partial charge in [-0.05, 0) is 52.0 Å². The lowest BCUT2D eigenvalue weighted by Crippen LogP contribution is -2.62. The molecule has 1 aliphatic carbocycles. The molecule has 2 heterocycles. The van der Waals surface area contributed by atoms with Crippen molar-refractivity contribution in [2.24, 2.45) is 11.1 Å². The van der Waals surface area contributed by atoms with Gasteiger partial charge < -0.3 is 15.4 Å². The topological polar surface area (TPSA) is 55.6 Å². The number of piperidine rings is 2. The Morgan fingerprint density at radius 3 is 2.41 bits per heavy atom. The molecule has 0 aromatic rings. The summed E-state index contributed by atoms with van der Waals surface area (Å²) in [5.41, 5.74) is 5.70. The van der Waals surface area contributed by atoms with Crippen LogP contribution in [0.1, 0.15) is 40.0 Å². The molecule has 100 valence electrons. The Balaban J connectivity index is 0.00000144. The van der Waals surface area contributed by atoms with Gasteiger partial charge >= 0.3 is 6.09 Å². The van der Waals surface area contributed by atoms with Crippen molar-refractivity contribution < 1.29 is 9.53 Å². The Morgan fingerprint density at radius 1 is 1.47 bits per heavy atom.